The van der Waals surface area contributed by atoms with Gasteiger partial charge in [-0.1, -0.05) is 0 Å². The normalized spacial score (nSPS) is 10.7. The smallest absolute Gasteiger partial charge is 0.251 e. The van der Waals surface area contributed by atoms with Crippen molar-refractivity contribution in [2.24, 2.45) is 7.05 Å². The van der Waals surface area contributed by atoms with E-state index >= 15 is 0 Å². The highest BCUT2D eigenvalue weighted by Gasteiger charge is 2.12. The fourth-order valence-corrected chi connectivity index (χ4v) is 2.91. The molecular weight excluding hydrogens is 347 g/mol. The minimum absolute atomic E-state index is 0.0229. The van der Waals surface area contributed by atoms with Crippen LogP contribution >= 0.6 is 0 Å². The van der Waals surface area contributed by atoms with E-state index in [4.69, 9.17) is 5.73 Å². The number of aryl methyl sites for hydroxylation is 1. The molecule has 3 N–H and O–H groups in total. The van der Waals surface area contributed by atoms with Crippen molar-refractivity contribution in [2.75, 3.05) is 11.1 Å². The molecule has 0 unspecified atom stereocenters. The lowest BCUT2D eigenvalue weighted by atomic mass is 9.98. The predicted octanol–water partition coefficient (Wildman–Crippen LogP) is 3.10. The molecule has 138 valence electrons. The van der Waals surface area contributed by atoms with E-state index in [2.05, 4.69) is 10.3 Å². The second-order valence-electron chi connectivity index (χ2n) is 6.33. The Balaban J connectivity index is 2.18. The number of nitrogens with zero attached hydrogens (tertiary/aromatic N) is 2. The Labute approximate surface area is 155 Å². The van der Waals surface area contributed by atoms with Gasteiger partial charge in [0, 0.05) is 31.8 Å². The molecule has 0 radical (unpaired) electrons. The van der Waals surface area contributed by atoms with E-state index in [-0.39, 0.29) is 17.2 Å². The minimum atomic E-state index is -0.491. The number of amides is 1. The van der Waals surface area contributed by atoms with Crippen molar-refractivity contribution in [1.29, 1.82) is 0 Å². The molecular formula is C20H19FN4O2. The topological polar surface area (TPSA) is 90.0 Å². The maximum Gasteiger partial charge on any atom is 0.251 e. The van der Waals surface area contributed by atoms with Gasteiger partial charge in [-0.3, -0.25) is 9.59 Å². The Bertz CT molecular complexity index is 1110. The molecule has 3 aromatic rings. The van der Waals surface area contributed by atoms with Gasteiger partial charge in [-0.25, -0.2) is 9.37 Å². The number of carbonyl (C=O) groups is 1. The summed E-state index contributed by atoms with van der Waals surface area (Å²) in [7, 11) is 1.66. The molecule has 0 aliphatic heterocycles. The zero-order valence-electron chi connectivity index (χ0n) is 15.2. The number of carbonyl (C=O) groups excluding carboxylic acids is 1. The maximum atomic E-state index is 13.7. The highest BCUT2D eigenvalue weighted by Crippen LogP contribution is 2.30. The van der Waals surface area contributed by atoms with Crippen molar-refractivity contribution in [3.8, 4) is 22.4 Å². The molecule has 0 saturated carbocycles. The molecule has 0 bridgehead atoms. The number of hydrogen-bond donors (Lipinski definition) is 2. The van der Waals surface area contributed by atoms with Gasteiger partial charge < -0.3 is 15.6 Å². The summed E-state index contributed by atoms with van der Waals surface area (Å²) in [6, 6.07) is 9.62. The van der Waals surface area contributed by atoms with Gasteiger partial charge in [-0.05, 0) is 53.9 Å². The summed E-state index contributed by atoms with van der Waals surface area (Å²) < 4.78 is 15.2. The first kappa shape index (κ1) is 18.3. The molecule has 6 nitrogen and oxygen atoms in total. The first-order chi connectivity index (χ1) is 12.8. The zero-order chi connectivity index (χ0) is 19.7. The van der Waals surface area contributed by atoms with Gasteiger partial charge in [-0.2, -0.15) is 0 Å². The van der Waals surface area contributed by atoms with Gasteiger partial charge in [0.2, 0.25) is 5.91 Å². The van der Waals surface area contributed by atoms with Gasteiger partial charge >= 0.3 is 0 Å². The average Bonchev–Trinajstić information content (AvgIpc) is 2.60. The summed E-state index contributed by atoms with van der Waals surface area (Å²) in [5.74, 6) is -0.339. The summed E-state index contributed by atoms with van der Waals surface area (Å²) in [6.45, 7) is 3.16. The van der Waals surface area contributed by atoms with Crippen LogP contribution in [0.15, 0.2) is 47.4 Å². The van der Waals surface area contributed by atoms with E-state index in [9.17, 15) is 14.0 Å². The molecule has 0 saturated heterocycles. The van der Waals surface area contributed by atoms with Crippen molar-refractivity contribution in [3.05, 3.63) is 64.3 Å². The summed E-state index contributed by atoms with van der Waals surface area (Å²) >= 11 is 0. The van der Waals surface area contributed by atoms with E-state index in [0.29, 0.717) is 33.8 Å². The summed E-state index contributed by atoms with van der Waals surface area (Å²) in [6.07, 6.45) is 1.55. The van der Waals surface area contributed by atoms with Crippen molar-refractivity contribution < 1.29 is 9.18 Å². The molecule has 27 heavy (non-hydrogen) atoms. The Morgan fingerprint density at radius 2 is 1.93 bits per heavy atom. The van der Waals surface area contributed by atoms with Gasteiger partial charge in [-0.15, -0.1) is 0 Å². The zero-order valence-corrected chi connectivity index (χ0v) is 15.2. The summed E-state index contributed by atoms with van der Waals surface area (Å²) in [5.41, 5.74) is 8.84. The SMILES string of the molecule is CC(=O)Nc1cc(-c2cc(-c3cc(N)c(F)cc3C)cc(=O)n2C)ccn1. The number of aromatic nitrogens is 2. The van der Waals surface area contributed by atoms with Crippen molar-refractivity contribution in [3.63, 3.8) is 0 Å². The quantitative estimate of drug-likeness (QED) is 0.697. The van der Waals surface area contributed by atoms with Gasteiger partial charge in [0.1, 0.15) is 11.6 Å². The first-order valence-electron chi connectivity index (χ1n) is 8.27. The molecule has 1 aromatic carbocycles. The number of halogens is 1. The lowest BCUT2D eigenvalue weighted by molar-refractivity contribution is -0.114. The third-order valence-electron chi connectivity index (χ3n) is 4.28. The minimum Gasteiger partial charge on any atom is -0.396 e. The van der Waals surface area contributed by atoms with E-state index < -0.39 is 5.82 Å². The van der Waals surface area contributed by atoms with Crippen LogP contribution in [0, 0.1) is 12.7 Å². The largest absolute Gasteiger partial charge is 0.396 e. The second-order valence-corrected chi connectivity index (χ2v) is 6.33. The van der Waals surface area contributed by atoms with Crippen LogP contribution in [0.3, 0.4) is 0 Å². The van der Waals surface area contributed by atoms with Gasteiger partial charge in [0.25, 0.3) is 5.56 Å². The summed E-state index contributed by atoms with van der Waals surface area (Å²) in [4.78, 5) is 27.9. The Kier molecular flexibility index (Phi) is 4.77. The second kappa shape index (κ2) is 7.03. The lowest BCUT2D eigenvalue weighted by Gasteiger charge is -2.14. The molecule has 2 heterocycles. The average molecular weight is 366 g/mol. The van der Waals surface area contributed by atoms with E-state index in [1.807, 2.05) is 6.07 Å². The van der Waals surface area contributed by atoms with Crippen molar-refractivity contribution in [1.82, 2.24) is 9.55 Å². The fraction of sp³-hybridized carbons (Fsp3) is 0.150. The van der Waals surface area contributed by atoms with Gasteiger partial charge in [0.05, 0.1) is 11.4 Å². The predicted molar refractivity (Wildman–Crippen MR) is 104 cm³/mol. The Hall–Kier alpha value is -3.48. The molecule has 0 aliphatic carbocycles. The summed E-state index contributed by atoms with van der Waals surface area (Å²) in [5, 5.41) is 2.62. The molecule has 2 aromatic heterocycles. The standard InChI is InChI=1S/C20H19FN4O2/c1-11-6-16(21)17(22)10-15(11)14-7-18(25(3)20(27)9-14)13-4-5-23-19(8-13)24-12(2)26/h4-10H,22H2,1-3H3,(H,23,24,26). The molecule has 7 heteroatoms. The van der Waals surface area contributed by atoms with Crippen molar-refractivity contribution in [2.45, 2.75) is 13.8 Å². The van der Waals surface area contributed by atoms with Crippen LogP contribution in [0.2, 0.25) is 0 Å². The number of nitrogen functional groups attached to an aromatic ring is 1. The highest BCUT2D eigenvalue weighted by atomic mass is 19.1. The van der Waals surface area contributed by atoms with Crippen LogP contribution in [0.1, 0.15) is 12.5 Å². The number of nitrogens with one attached hydrogen (secondary N) is 1. The fourth-order valence-electron chi connectivity index (χ4n) is 2.91. The molecule has 1 amide bonds. The van der Waals surface area contributed by atoms with E-state index in [1.165, 1.54) is 29.7 Å². The number of rotatable bonds is 3. The first-order valence-corrected chi connectivity index (χ1v) is 8.27. The van der Waals surface area contributed by atoms with Crippen molar-refractivity contribution >= 4 is 17.4 Å². The lowest BCUT2D eigenvalue weighted by Crippen LogP contribution is -2.18. The number of nitrogens with two attached hydrogens (primary N) is 1. The molecule has 0 atom stereocenters. The Morgan fingerprint density at radius 3 is 2.63 bits per heavy atom. The molecule has 0 aliphatic rings. The van der Waals surface area contributed by atoms with Crippen LogP contribution in [-0.4, -0.2) is 15.5 Å². The van der Waals surface area contributed by atoms with Crippen LogP contribution < -0.4 is 16.6 Å². The third kappa shape index (κ3) is 3.72. The number of hydrogen-bond acceptors (Lipinski definition) is 4. The van der Waals surface area contributed by atoms with Gasteiger partial charge in [0.15, 0.2) is 0 Å². The molecule has 3 rings (SSSR count). The third-order valence-corrected chi connectivity index (χ3v) is 4.28. The number of anilines is 2. The molecule has 0 fully saturated rings. The number of benzene rings is 1. The van der Waals surface area contributed by atoms with Crippen LogP contribution in [0.25, 0.3) is 22.4 Å². The monoisotopic (exact) mass is 366 g/mol. The number of pyridine rings is 2. The molecule has 0 spiro atoms. The maximum absolute atomic E-state index is 13.7. The van der Waals surface area contributed by atoms with Crippen LogP contribution in [0.5, 0.6) is 0 Å². The Morgan fingerprint density at radius 1 is 1.19 bits per heavy atom. The van der Waals surface area contributed by atoms with E-state index in [0.717, 1.165) is 0 Å². The van der Waals surface area contributed by atoms with Crippen LogP contribution in [-0.2, 0) is 11.8 Å². The van der Waals surface area contributed by atoms with E-state index in [1.54, 1.807) is 32.3 Å². The van der Waals surface area contributed by atoms with Crippen LogP contribution in [0.4, 0.5) is 15.9 Å². The highest BCUT2D eigenvalue weighted by molar-refractivity contribution is 5.88.